The molecule has 0 aliphatic carbocycles. The largest absolute Gasteiger partial charge is 0.384 e. The highest BCUT2D eigenvalue weighted by Crippen LogP contribution is 2.28. The van der Waals surface area contributed by atoms with Gasteiger partial charge in [0, 0.05) is 5.56 Å². The molecule has 0 amide bonds. The fourth-order valence-corrected chi connectivity index (χ4v) is 1.06. The number of hydrogen-bond acceptors (Lipinski definition) is 2. The molecule has 1 radical (unpaired) electrons. The summed E-state index contributed by atoms with van der Waals surface area (Å²) in [5.41, 5.74) is 7.61. The van der Waals surface area contributed by atoms with Crippen LogP contribution < -0.4 is 11.1 Å². The van der Waals surface area contributed by atoms with E-state index in [1.54, 1.807) is 18.2 Å². The van der Waals surface area contributed by atoms with Gasteiger partial charge in [0.15, 0.2) is 0 Å². The molecule has 0 aromatic heterocycles. The Labute approximate surface area is 69.6 Å². The molecule has 1 heterocycles. The molecule has 0 fully saturated rings. The Balaban J connectivity index is 2.51. The number of fused-ring (bicyclic) bond motifs is 1. The van der Waals surface area contributed by atoms with Gasteiger partial charge >= 0.3 is 0 Å². The van der Waals surface area contributed by atoms with Crippen molar-refractivity contribution in [3.8, 4) is 0 Å². The quantitative estimate of drug-likeness (QED) is 0.463. The van der Waals surface area contributed by atoms with Crippen molar-refractivity contribution in [2.24, 2.45) is 10.7 Å². The van der Waals surface area contributed by atoms with E-state index in [-0.39, 0.29) is 5.84 Å². The molecule has 0 atom stereocenters. The Morgan fingerprint density at radius 3 is 2.92 bits per heavy atom. The van der Waals surface area contributed by atoms with Crippen molar-refractivity contribution >= 4 is 23.5 Å². The summed E-state index contributed by atoms with van der Waals surface area (Å²) in [5.74, 6) is 0.0555. The van der Waals surface area contributed by atoms with Crippen LogP contribution in [0.25, 0.3) is 0 Å². The highest BCUT2D eigenvalue weighted by Gasteiger charge is 2.08. The van der Waals surface area contributed by atoms with Gasteiger partial charge in [0.05, 0.1) is 11.4 Å². The zero-order valence-corrected chi connectivity index (χ0v) is 6.28. The van der Waals surface area contributed by atoms with Crippen molar-refractivity contribution in [1.29, 1.82) is 5.41 Å². The molecule has 12 heavy (non-hydrogen) atoms. The molecule has 1 aromatic rings. The van der Waals surface area contributed by atoms with Gasteiger partial charge in [0.2, 0.25) is 0 Å². The summed E-state index contributed by atoms with van der Waals surface area (Å²) < 4.78 is 0. The number of nitrogens with one attached hydrogen (secondary N) is 1. The van der Waals surface area contributed by atoms with Crippen LogP contribution in [0.1, 0.15) is 5.56 Å². The second-order valence-corrected chi connectivity index (χ2v) is 2.49. The summed E-state index contributed by atoms with van der Waals surface area (Å²) in [6, 6.07) is 5.32. The first-order chi connectivity index (χ1) is 5.77. The Hall–Kier alpha value is -1.84. The molecule has 0 spiro atoms. The minimum atomic E-state index is 0.0555. The predicted molar refractivity (Wildman–Crippen MR) is 47.4 cm³/mol. The van der Waals surface area contributed by atoms with E-state index < -0.39 is 0 Å². The first-order valence-electron chi connectivity index (χ1n) is 3.49. The molecule has 59 valence electrons. The average molecular weight is 159 g/mol. The highest BCUT2D eigenvalue weighted by molar-refractivity contribution is 5.97. The number of hydrogen-bond donors (Lipinski definition) is 2. The number of amidine groups is 1. The zero-order chi connectivity index (χ0) is 8.55. The van der Waals surface area contributed by atoms with E-state index in [1.165, 1.54) is 6.34 Å². The lowest BCUT2D eigenvalue weighted by Crippen LogP contribution is -2.10. The van der Waals surface area contributed by atoms with Crippen LogP contribution >= 0.6 is 0 Å². The first-order valence-corrected chi connectivity index (χ1v) is 3.49. The van der Waals surface area contributed by atoms with Gasteiger partial charge in [0.1, 0.15) is 12.2 Å². The molecular weight excluding hydrogens is 152 g/mol. The van der Waals surface area contributed by atoms with E-state index in [2.05, 4.69) is 10.3 Å². The lowest BCUT2D eigenvalue weighted by atomic mass is 10.1. The minimum Gasteiger partial charge on any atom is -0.384 e. The van der Waals surface area contributed by atoms with Crippen molar-refractivity contribution in [2.75, 3.05) is 0 Å². The molecule has 2 rings (SSSR count). The molecule has 4 nitrogen and oxygen atoms in total. The van der Waals surface area contributed by atoms with E-state index in [0.29, 0.717) is 5.56 Å². The van der Waals surface area contributed by atoms with Gasteiger partial charge in [0.25, 0.3) is 0 Å². The molecule has 0 saturated heterocycles. The van der Waals surface area contributed by atoms with Gasteiger partial charge in [-0.2, -0.15) is 0 Å². The maximum absolute atomic E-state index is 7.19. The number of nitrogen functional groups attached to an aromatic ring is 1. The molecule has 1 aliphatic rings. The summed E-state index contributed by atoms with van der Waals surface area (Å²) in [4.78, 5) is 4.00. The van der Waals surface area contributed by atoms with Crippen molar-refractivity contribution < 1.29 is 0 Å². The Bertz CT molecular complexity index is 367. The van der Waals surface area contributed by atoms with Gasteiger partial charge in [-0.05, 0) is 18.2 Å². The maximum Gasteiger partial charge on any atom is 0.122 e. The maximum atomic E-state index is 7.19. The number of benzene rings is 1. The van der Waals surface area contributed by atoms with E-state index in [1.807, 2.05) is 0 Å². The van der Waals surface area contributed by atoms with Crippen molar-refractivity contribution in [2.45, 2.75) is 0 Å². The second-order valence-electron chi connectivity index (χ2n) is 2.49. The number of rotatable bonds is 1. The number of aliphatic imine (C=N–C) groups is 1. The van der Waals surface area contributed by atoms with Crippen LogP contribution in [0, 0.1) is 5.41 Å². The molecule has 0 unspecified atom stereocenters. The zero-order valence-electron chi connectivity index (χ0n) is 6.28. The summed E-state index contributed by atoms with van der Waals surface area (Å²) in [7, 11) is 0. The Kier molecular flexibility index (Phi) is 1.33. The summed E-state index contributed by atoms with van der Waals surface area (Å²) in [5, 5.41) is 11.2. The van der Waals surface area contributed by atoms with Crippen LogP contribution in [0.15, 0.2) is 23.2 Å². The lowest BCUT2D eigenvalue weighted by molar-refractivity contribution is 1.34. The Morgan fingerprint density at radius 2 is 2.17 bits per heavy atom. The summed E-state index contributed by atoms with van der Waals surface area (Å²) >= 11 is 0. The van der Waals surface area contributed by atoms with Crippen LogP contribution in [0.3, 0.4) is 0 Å². The molecule has 0 saturated carbocycles. The highest BCUT2D eigenvalue weighted by atomic mass is 15.0. The third kappa shape index (κ3) is 0.934. The van der Waals surface area contributed by atoms with E-state index in [9.17, 15) is 0 Å². The Morgan fingerprint density at radius 1 is 1.33 bits per heavy atom. The number of nitrogens with two attached hydrogens (primary N) is 1. The average Bonchev–Trinajstić information content (AvgIpc) is 2.49. The normalized spacial score (nSPS) is 12.3. The molecule has 1 aromatic carbocycles. The SMILES string of the molecule is N=C(N)c1ccc2c(c1)N=C[N]2. The minimum absolute atomic E-state index is 0.0555. The predicted octanol–water partition coefficient (Wildman–Crippen LogP) is 0.880. The van der Waals surface area contributed by atoms with Gasteiger partial charge < -0.3 is 5.73 Å². The van der Waals surface area contributed by atoms with E-state index >= 15 is 0 Å². The van der Waals surface area contributed by atoms with Crippen molar-refractivity contribution in [3.63, 3.8) is 0 Å². The molecular formula is C8H7N4. The topological polar surface area (TPSA) is 76.3 Å². The smallest absolute Gasteiger partial charge is 0.122 e. The number of nitrogens with zero attached hydrogens (tertiary/aromatic N) is 2. The fourth-order valence-electron chi connectivity index (χ4n) is 1.06. The van der Waals surface area contributed by atoms with Crippen LogP contribution in [0.4, 0.5) is 11.4 Å². The molecule has 0 bridgehead atoms. The van der Waals surface area contributed by atoms with E-state index in [4.69, 9.17) is 11.1 Å². The van der Waals surface area contributed by atoms with Crippen LogP contribution in [0.2, 0.25) is 0 Å². The summed E-state index contributed by atoms with van der Waals surface area (Å²) in [6.07, 6.45) is 1.49. The van der Waals surface area contributed by atoms with Crippen molar-refractivity contribution in [1.82, 2.24) is 5.32 Å². The summed E-state index contributed by atoms with van der Waals surface area (Å²) in [6.45, 7) is 0. The van der Waals surface area contributed by atoms with Crippen molar-refractivity contribution in [3.05, 3.63) is 23.8 Å². The van der Waals surface area contributed by atoms with E-state index in [0.717, 1.165) is 11.4 Å². The lowest BCUT2D eigenvalue weighted by Gasteiger charge is -1.99. The van der Waals surface area contributed by atoms with Crippen LogP contribution in [0.5, 0.6) is 0 Å². The second kappa shape index (κ2) is 2.34. The van der Waals surface area contributed by atoms with Gasteiger partial charge in [-0.25, -0.2) is 10.3 Å². The van der Waals surface area contributed by atoms with Crippen LogP contribution in [-0.4, -0.2) is 12.2 Å². The third-order valence-electron chi connectivity index (χ3n) is 1.68. The molecule has 3 N–H and O–H groups in total. The fraction of sp³-hybridized carbons (Fsp3) is 0. The van der Waals surface area contributed by atoms with Crippen LogP contribution in [-0.2, 0) is 0 Å². The monoisotopic (exact) mass is 159 g/mol. The molecule has 4 heteroatoms. The van der Waals surface area contributed by atoms with Gasteiger partial charge in [-0.1, -0.05) is 0 Å². The third-order valence-corrected chi connectivity index (χ3v) is 1.68. The molecule has 1 aliphatic heterocycles. The van der Waals surface area contributed by atoms with Gasteiger partial charge in [-0.3, -0.25) is 5.41 Å². The standard InChI is InChI=1S/C8H7N4/c9-8(10)5-1-2-6-7(3-5)12-4-11-6/h1-4H,(H3,9,10). The van der Waals surface area contributed by atoms with Gasteiger partial charge in [-0.15, -0.1) is 0 Å². The first kappa shape index (κ1) is 6.84.